The highest BCUT2D eigenvalue weighted by Crippen LogP contribution is 2.38. The van der Waals surface area contributed by atoms with Crippen molar-refractivity contribution in [3.63, 3.8) is 0 Å². The topological polar surface area (TPSA) is 103 Å². The van der Waals surface area contributed by atoms with Gasteiger partial charge in [0, 0.05) is 10.4 Å². The van der Waals surface area contributed by atoms with Crippen molar-refractivity contribution in [2.75, 3.05) is 0 Å². The number of nitrogens with one attached hydrogen (secondary N) is 1. The van der Waals surface area contributed by atoms with Crippen molar-refractivity contribution in [2.45, 2.75) is 31.8 Å². The van der Waals surface area contributed by atoms with Gasteiger partial charge in [-0.15, -0.1) is 0 Å². The maximum absolute atomic E-state index is 12.5. The van der Waals surface area contributed by atoms with E-state index < -0.39 is 0 Å². The second-order valence-electron chi connectivity index (χ2n) is 5.94. The molecule has 1 aromatic carbocycles. The van der Waals surface area contributed by atoms with Crippen LogP contribution in [0.3, 0.4) is 0 Å². The molecule has 2 aromatic heterocycles. The smallest absolute Gasteiger partial charge is 0.261 e. The van der Waals surface area contributed by atoms with Crippen molar-refractivity contribution in [2.24, 2.45) is 0 Å². The molecule has 0 aliphatic heterocycles. The predicted molar refractivity (Wildman–Crippen MR) is 91.8 cm³/mol. The summed E-state index contributed by atoms with van der Waals surface area (Å²) >= 11 is 3.33. The van der Waals surface area contributed by atoms with Gasteiger partial charge in [-0.1, -0.05) is 21.1 Å². The molecule has 4 rings (SSSR count). The first-order chi connectivity index (χ1) is 12.1. The number of hydrogen-bond acceptors (Lipinski definition) is 6. The van der Waals surface area contributed by atoms with Gasteiger partial charge in [-0.3, -0.25) is 14.2 Å². The molecule has 9 heteroatoms. The van der Waals surface area contributed by atoms with Gasteiger partial charge in [0.2, 0.25) is 11.8 Å². The van der Waals surface area contributed by atoms with Crippen molar-refractivity contribution in [3.05, 3.63) is 51.1 Å². The Kier molecular flexibility index (Phi) is 4.08. The highest BCUT2D eigenvalue weighted by atomic mass is 79.9. The normalized spacial score (nSPS) is 14.0. The van der Waals surface area contributed by atoms with Crippen molar-refractivity contribution >= 4 is 32.7 Å². The van der Waals surface area contributed by atoms with Crippen LogP contribution in [0.25, 0.3) is 10.9 Å². The van der Waals surface area contributed by atoms with Gasteiger partial charge in [0.15, 0.2) is 5.82 Å². The van der Waals surface area contributed by atoms with Gasteiger partial charge in [0.1, 0.15) is 6.54 Å². The van der Waals surface area contributed by atoms with Crippen LogP contribution < -0.4 is 10.9 Å². The van der Waals surface area contributed by atoms with Gasteiger partial charge < -0.3 is 9.84 Å². The molecular formula is C16H14BrN5O3. The van der Waals surface area contributed by atoms with Crippen LogP contribution in [0.5, 0.6) is 0 Å². The first kappa shape index (κ1) is 15.9. The zero-order valence-electron chi connectivity index (χ0n) is 13.1. The number of benzene rings is 1. The van der Waals surface area contributed by atoms with Gasteiger partial charge in [0.05, 0.1) is 23.8 Å². The molecule has 1 aliphatic carbocycles. The maximum atomic E-state index is 12.5. The Labute approximate surface area is 150 Å². The van der Waals surface area contributed by atoms with Crippen LogP contribution in [-0.2, 0) is 17.9 Å². The summed E-state index contributed by atoms with van der Waals surface area (Å²) in [5, 5.41) is 7.02. The van der Waals surface area contributed by atoms with Crippen molar-refractivity contribution in [1.82, 2.24) is 25.0 Å². The summed E-state index contributed by atoms with van der Waals surface area (Å²) in [4.78, 5) is 33.0. The Morgan fingerprint density at radius 2 is 2.24 bits per heavy atom. The minimum absolute atomic E-state index is 0.127. The highest BCUT2D eigenvalue weighted by Gasteiger charge is 2.28. The Morgan fingerprint density at radius 1 is 1.40 bits per heavy atom. The van der Waals surface area contributed by atoms with Crippen LogP contribution in [-0.4, -0.2) is 25.6 Å². The molecular weight excluding hydrogens is 390 g/mol. The average molecular weight is 404 g/mol. The number of nitrogens with zero attached hydrogens (tertiary/aromatic N) is 4. The molecule has 2 heterocycles. The standard InChI is InChI=1S/C16H14BrN5O3/c17-10-3-4-12-11(5-10)16(24)22(8-19-12)7-13(23)18-6-14-20-15(21-25-14)9-1-2-9/h3-5,8-9H,1-2,6-7H2,(H,18,23). The fourth-order valence-electron chi connectivity index (χ4n) is 2.48. The molecule has 1 fully saturated rings. The van der Waals surface area contributed by atoms with E-state index in [1.807, 2.05) is 6.07 Å². The van der Waals surface area contributed by atoms with E-state index >= 15 is 0 Å². The van der Waals surface area contributed by atoms with Crippen LogP contribution >= 0.6 is 15.9 Å². The number of carbonyl (C=O) groups excluding carboxylic acids is 1. The molecule has 1 N–H and O–H groups in total. The number of hydrogen-bond donors (Lipinski definition) is 1. The third-order valence-electron chi connectivity index (χ3n) is 3.96. The van der Waals surface area contributed by atoms with Crippen molar-refractivity contribution in [1.29, 1.82) is 0 Å². The van der Waals surface area contributed by atoms with Crippen LogP contribution in [0.1, 0.15) is 30.5 Å². The number of aromatic nitrogens is 4. The Bertz CT molecular complexity index is 1010. The van der Waals surface area contributed by atoms with E-state index in [9.17, 15) is 9.59 Å². The van der Waals surface area contributed by atoms with Gasteiger partial charge in [-0.05, 0) is 31.0 Å². The molecule has 1 amide bonds. The Morgan fingerprint density at radius 3 is 3.04 bits per heavy atom. The highest BCUT2D eigenvalue weighted by molar-refractivity contribution is 9.10. The van der Waals surface area contributed by atoms with E-state index in [-0.39, 0.29) is 24.6 Å². The number of rotatable bonds is 5. The average Bonchev–Trinajstić information content (AvgIpc) is 3.34. The van der Waals surface area contributed by atoms with E-state index in [1.54, 1.807) is 12.1 Å². The minimum atomic E-state index is -0.329. The van der Waals surface area contributed by atoms with Crippen LogP contribution in [0.15, 0.2) is 38.3 Å². The Balaban J connectivity index is 1.43. The molecule has 3 aromatic rings. The molecule has 25 heavy (non-hydrogen) atoms. The second-order valence-corrected chi connectivity index (χ2v) is 6.85. The van der Waals surface area contributed by atoms with E-state index in [0.29, 0.717) is 28.5 Å². The lowest BCUT2D eigenvalue weighted by molar-refractivity contribution is -0.122. The lowest BCUT2D eigenvalue weighted by Gasteiger charge is -2.07. The third kappa shape index (κ3) is 3.46. The second kappa shape index (κ2) is 6.40. The molecule has 1 saturated carbocycles. The molecule has 1 aliphatic rings. The quantitative estimate of drug-likeness (QED) is 0.695. The maximum Gasteiger partial charge on any atom is 0.261 e. The largest absolute Gasteiger partial charge is 0.345 e. The lowest BCUT2D eigenvalue weighted by Crippen LogP contribution is -2.32. The molecule has 0 unspecified atom stereocenters. The van der Waals surface area contributed by atoms with Crippen LogP contribution in [0.4, 0.5) is 0 Å². The molecule has 8 nitrogen and oxygen atoms in total. The van der Waals surface area contributed by atoms with E-state index in [0.717, 1.165) is 17.3 Å². The van der Waals surface area contributed by atoms with Gasteiger partial charge in [0.25, 0.3) is 5.56 Å². The Hall–Kier alpha value is -2.55. The summed E-state index contributed by atoms with van der Waals surface area (Å²) in [7, 11) is 0. The van der Waals surface area contributed by atoms with Gasteiger partial charge in [-0.2, -0.15) is 4.98 Å². The van der Waals surface area contributed by atoms with Gasteiger partial charge in [-0.25, -0.2) is 4.98 Å². The number of carbonyl (C=O) groups is 1. The van der Waals surface area contributed by atoms with E-state index in [1.165, 1.54) is 10.9 Å². The molecule has 0 radical (unpaired) electrons. The minimum Gasteiger partial charge on any atom is -0.345 e. The van der Waals surface area contributed by atoms with Gasteiger partial charge >= 0.3 is 0 Å². The SMILES string of the molecule is O=C(Cn1cnc2ccc(Br)cc2c1=O)NCc1nc(C2CC2)no1. The summed E-state index contributed by atoms with van der Waals surface area (Å²) in [6, 6.07) is 5.25. The molecule has 0 spiro atoms. The summed E-state index contributed by atoms with van der Waals surface area (Å²) in [6.45, 7) is 0.0117. The molecule has 0 bridgehead atoms. The fraction of sp³-hybridized carbons (Fsp3) is 0.312. The summed E-state index contributed by atoms with van der Waals surface area (Å²) in [5.41, 5.74) is 0.318. The first-order valence-corrected chi connectivity index (χ1v) is 8.63. The molecule has 0 atom stereocenters. The summed E-state index contributed by atoms with van der Waals surface area (Å²) in [6.07, 6.45) is 3.54. The number of amides is 1. The monoisotopic (exact) mass is 403 g/mol. The first-order valence-electron chi connectivity index (χ1n) is 7.84. The zero-order valence-corrected chi connectivity index (χ0v) is 14.7. The molecule has 128 valence electrons. The summed E-state index contributed by atoms with van der Waals surface area (Å²) < 4.78 is 7.15. The third-order valence-corrected chi connectivity index (χ3v) is 4.46. The number of halogens is 1. The molecule has 0 saturated heterocycles. The van der Waals surface area contributed by atoms with E-state index in [2.05, 4.69) is 36.4 Å². The zero-order chi connectivity index (χ0) is 17.4. The van der Waals surface area contributed by atoms with Crippen molar-refractivity contribution < 1.29 is 9.32 Å². The van der Waals surface area contributed by atoms with E-state index in [4.69, 9.17) is 4.52 Å². The number of fused-ring (bicyclic) bond motifs is 1. The van der Waals surface area contributed by atoms with Crippen LogP contribution in [0.2, 0.25) is 0 Å². The van der Waals surface area contributed by atoms with Crippen molar-refractivity contribution in [3.8, 4) is 0 Å². The fourth-order valence-corrected chi connectivity index (χ4v) is 2.84. The predicted octanol–water partition coefficient (Wildman–Crippen LogP) is 1.74. The summed E-state index contributed by atoms with van der Waals surface area (Å²) in [5.74, 6) is 1.13. The lowest BCUT2D eigenvalue weighted by atomic mass is 10.2. The van der Waals surface area contributed by atoms with Crippen LogP contribution in [0, 0.1) is 0 Å².